The van der Waals surface area contributed by atoms with E-state index in [1.54, 1.807) is 17.8 Å². The predicted molar refractivity (Wildman–Crippen MR) is 82.8 cm³/mol. The van der Waals surface area contributed by atoms with Gasteiger partial charge in [-0.3, -0.25) is 4.79 Å². The van der Waals surface area contributed by atoms with E-state index in [4.69, 9.17) is 5.11 Å². The molecular formula is C12H16BrNO2S2. The molecule has 0 heterocycles. The molecular weight excluding hydrogens is 334 g/mol. The van der Waals surface area contributed by atoms with Crippen molar-refractivity contribution in [2.75, 3.05) is 24.7 Å². The number of thioether (sulfide) groups is 1. The lowest BCUT2D eigenvalue weighted by atomic mass is 10.2. The number of halogens is 1. The first kappa shape index (κ1) is 15.9. The van der Waals surface area contributed by atoms with Crippen molar-refractivity contribution in [1.82, 2.24) is 5.32 Å². The number of benzene rings is 1. The third kappa shape index (κ3) is 5.65. The van der Waals surface area contributed by atoms with E-state index in [2.05, 4.69) is 33.9 Å². The van der Waals surface area contributed by atoms with Crippen molar-refractivity contribution < 1.29 is 9.90 Å². The lowest BCUT2D eigenvalue weighted by Gasteiger charge is -2.07. The Kier molecular flexibility index (Phi) is 7.81. The third-order valence-corrected chi connectivity index (χ3v) is 4.21. The van der Waals surface area contributed by atoms with E-state index >= 15 is 0 Å². The number of carbonyl (C=O) groups is 1. The summed E-state index contributed by atoms with van der Waals surface area (Å²) in [6.07, 6.45) is 0.797. The average molecular weight is 350 g/mol. The van der Waals surface area contributed by atoms with E-state index in [-0.39, 0.29) is 12.5 Å². The van der Waals surface area contributed by atoms with E-state index < -0.39 is 0 Å². The van der Waals surface area contributed by atoms with Crippen LogP contribution in [0.15, 0.2) is 27.6 Å². The van der Waals surface area contributed by atoms with E-state index in [1.807, 2.05) is 12.1 Å². The molecule has 0 fully saturated rings. The molecule has 0 aliphatic rings. The molecule has 1 aromatic rings. The zero-order valence-corrected chi connectivity index (χ0v) is 13.2. The highest BCUT2D eigenvalue weighted by atomic mass is 79.9. The lowest BCUT2D eigenvalue weighted by Crippen LogP contribution is -2.26. The van der Waals surface area contributed by atoms with Crippen LogP contribution >= 0.6 is 40.3 Å². The van der Waals surface area contributed by atoms with Crippen LogP contribution in [0, 0.1) is 0 Å². The molecule has 0 radical (unpaired) electrons. The molecule has 1 rings (SSSR count). The van der Waals surface area contributed by atoms with Crippen molar-refractivity contribution in [1.29, 1.82) is 0 Å². The van der Waals surface area contributed by atoms with Crippen LogP contribution in [0.25, 0.3) is 0 Å². The van der Waals surface area contributed by atoms with Crippen molar-refractivity contribution in [2.24, 2.45) is 0 Å². The van der Waals surface area contributed by atoms with Crippen LogP contribution in [-0.2, 0) is 0 Å². The van der Waals surface area contributed by atoms with Gasteiger partial charge in [-0.1, -0.05) is 0 Å². The van der Waals surface area contributed by atoms with Gasteiger partial charge in [-0.2, -0.15) is 11.8 Å². The number of carbonyl (C=O) groups excluding carboxylic acids is 1. The second-order valence-corrected chi connectivity index (χ2v) is 6.21. The second-order valence-electron chi connectivity index (χ2n) is 3.61. The fourth-order valence-corrected chi connectivity index (χ4v) is 2.70. The second kappa shape index (κ2) is 8.85. The smallest absolute Gasteiger partial charge is 0.252 e. The van der Waals surface area contributed by atoms with Crippen LogP contribution in [0.2, 0.25) is 0 Å². The minimum atomic E-state index is -0.0967. The molecule has 0 saturated heterocycles. The maximum Gasteiger partial charge on any atom is 0.252 e. The van der Waals surface area contributed by atoms with Crippen LogP contribution in [0.5, 0.6) is 0 Å². The van der Waals surface area contributed by atoms with Crippen molar-refractivity contribution >= 4 is 46.2 Å². The first-order valence-electron chi connectivity index (χ1n) is 5.60. The summed E-state index contributed by atoms with van der Waals surface area (Å²) in [6.45, 7) is 0.846. The van der Waals surface area contributed by atoms with E-state index in [9.17, 15) is 4.79 Å². The minimum absolute atomic E-state index is 0.0967. The first-order valence-corrected chi connectivity index (χ1v) is 8.00. The largest absolute Gasteiger partial charge is 0.396 e. The molecule has 0 aliphatic carbocycles. The van der Waals surface area contributed by atoms with Crippen molar-refractivity contribution in [2.45, 2.75) is 11.3 Å². The number of amides is 1. The van der Waals surface area contributed by atoms with Gasteiger partial charge >= 0.3 is 0 Å². The van der Waals surface area contributed by atoms with Crippen LogP contribution < -0.4 is 5.32 Å². The van der Waals surface area contributed by atoms with Gasteiger partial charge in [-0.25, -0.2) is 0 Å². The molecule has 6 heteroatoms. The van der Waals surface area contributed by atoms with E-state index in [0.29, 0.717) is 12.1 Å². The van der Waals surface area contributed by atoms with Crippen LogP contribution in [0.1, 0.15) is 16.8 Å². The normalized spacial score (nSPS) is 10.4. The molecule has 0 aliphatic heterocycles. The molecule has 0 aromatic heterocycles. The van der Waals surface area contributed by atoms with Gasteiger partial charge in [0.1, 0.15) is 0 Å². The number of rotatable bonds is 7. The number of thiol groups is 1. The highest BCUT2D eigenvalue weighted by Crippen LogP contribution is 2.20. The number of hydrogen-bond acceptors (Lipinski definition) is 4. The maximum atomic E-state index is 11.9. The zero-order chi connectivity index (χ0) is 13.4. The molecule has 3 nitrogen and oxygen atoms in total. The number of aliphatic hydroxyl groups excluding tert-OH is 1. The van der Waals surface area contributed by atoms with Gasteiger partial charge < -0.3 is 10.4 Å². The summed E-state index contributed by atoms with van der Waals surface area (Å²) in [4.78, 5) is 12.6. The Morgan fingerprint density at radius 2 is 2.22 bits per heavy atom. The molecule has 0 spiro atoms. The SMILES string of the molecule is O=C(NCCSCCCO)c1cc(S)ccc1Br. The summed E-state index contributed by atoms with van der Waals surface area (Å²) in [7, 11) is 0. The van der Waals surface area contributed by atoms with Gasteiger partial charge in [0.15, 0.2) is 0 Å². The molecule has 1 aromatic carbocycles. The van der Waals surface area contributed by atoms with Gasteiger partial charge in [0.05, 0.1) is 5.56 Å². The summed E-state index contributed by atoms with van der Waals surface area (Å²) in [5.74, 6) is 1.67. The number of nitrogens with one attached hydrogen (secondary N) is 1. The summed E-state index contributed by atoms with van der Waals surface area (Å²) < 4.78 is 0.769. The van der Waals surface area contributed by atoms with Gasteiger partial charge in [0.25, 0.3) is 5.91 Å². The highest BCUT2D eigenvalue weighted by Gasteiger charge is 2.09. The van der Waals surface area contributed by atoms with Crippen LogP contribution in [0.3, 0.4) is 0 Å². The molecule has 1 amide bonds. The quantitative estimate of drug-likeness (QED) is 0.523. The van der Waals surface area contributed by atoms with Crippen molar-refractivity contribution in [3.8, 4) is 0 Å². The van der Waals surface area contributed by atoms with Crippen LogP contribution in [-0.4, -0.2) is 35.7 Å². The van der Waals surface area contributed by atoms with Gasteiger partial charge in [-0.05, 0) is 46.3 Å². The predicted octanol–water partition coefficient (Wildman–Crippen LogP) is 2.58. The molecule has 0 saturated carbocycles. The first-order chi connectivity index (χ1) is 8.65. The average Bonchev–Trinajstić information content (AvgIpc) is 2.36. The summed E-state index contributed by atoms with van der Waals surface area (Å²) in [6, 6.07) is 5.38. The molecule has 18 heavy (non-hydrogen) atoms. The van der Waals surface area contributed by atoms with Gasteiger partial charge in [0.2, 0.25) is 0 Å². The lowest BCUT2D eigenvalue weighted by molar-refractivity contribution is 0.0955. The Morgan fingerprint density at radius 3 is 2.94 bits per heavy atom. The highest BCUT2D eigenvalue weighted by molar-refractivity contribution is 9.10. The summed E-state index contributed by atoms with van der Waals surface area (Å²) in [5, 5.41) is 11.5. The summed E-state index contributed by atoms with van der Waals surface area (Å²) >= 11 is 9.28. The van der Waals surface area contributed by atoms with Gasteiger partial charge in [0, 0.05) is 28.3 Å². The topological polar surface area (TPSA) is 49.3 Å². The molecule has 0 atom stereocenters. The zero-order valence-electron chi connectivity index (χ0n) is 9.86. The number of hydrogen-bond donors (Lipinski definition) is 3. The Hall–Kier alpha value is -0.170. The molecule has 0 unspecified atom stereocenters. The van der Waals surface area contributed by atoms with Gasteiger partial charge in [-0.15, -0.1) is 12.6 Å². The standard InChI is InChI=1S/C12H16BrNO2S2/c13-11-3-2-9(17)8-10(11)12(16)14-4-7-18-6-1-5-15/h2-3,8,15,17H,1,4-7H2,(H,14,16). The van der Waals surface area contributed by atoms with E-state index in [0.717, 1.165) is 27.3 Å². The third-order valence-electron chi connectivity index (χ3n) is 2.17. The number of aliphatic hydroxyl groups is 1. The Bertz CT molecular complexity index is 402. The maximum absolute atomic E-state index is 11.9. The molecule has 2 N–H and O–H groups in total. The fourth-order valence-electron chi connectivity index (χ4n) is 1.29. The minimum Gasteiger partial charge on any atom is -0.396 e. The van der Waals surface area contributed by atoms with Crippen LogP contribution in [0.4, 0.5) is 0 Å². The fraction of sp³-hybridized carbons (Fsp3) is 0.417. The molecule has 100 valence electrons. The summed E-state index contributed by atoms with van der Waals surface area (Å²) in [5.41, 5.74) is 0.600. The molecule has 0 bridgehead atoms. The van der Waals surface area contributed by atoms with E-state index in [1.165, 1.54) is 0 Å². The monoisotopic (exact) mass is 349 g/mol. The Balaban J connectivity index is 2.34. The Morgan fingerprint density at radius 1 is 1.44 bits per heavy atom. The van der Waals surface area contributed by atoms with Crippen molar-refractivity contribution in [3.05, 3.63) is 28.2 Å². The Labute approximate surface area is 125 Å². The van der Waals surface area contributed by atoms with Crippen molar-refractivity contribution in [3.63, 3.8) is 0 Å².